The summed E-state index contributed by atoms with van der Waals surface area (Å²) in [5, 5.41) is 2.79. The number of hydrogen-bond donors (Lipinski definition) is 2. The molecule has 0 unspecified atom stereocenters. The number of aromatic amines is 1. The average molecular weight is 372 g/mol. The normalized spacial score (nSPS) is 10.4. The molecule has 0 saturated carbocycles. The molecule has 0 aliphatic carbocycles. The molecule has 0 saturated heterocycles. The Hall–Kier alpha value is -3.16. The number of methoxy groups -OCH3 is 1. The minimum atomic E-state index is -0.581. The van der Waals surface area contributed by atoms with Crippen LogP contribution in [0.15, 0.2) is 18.3 Å². The highest BCUT2D eigenvalue weighted by molar-refractivity contribution is 6.01. The van der Waals surface area contributed by atoms with Crippen molar-refractivity contribution in [3.05, 3.63) is 46.4 Å². The van der Waals surface area contributed by atoms with Crippen molar-refractivity contribution in [1.82, 2.24) is 15.3 Å². The number of ether oxygens (including phenoxy) is 1. The molecule has 0 radical (unpaired) electrons. The Bertz CT molecular complexity index is 853. The molecular formula is C19H24N4O4. The highest BCUT2D eigenvalue weighted by atomic mass is 16.5. The van der Waals surface area contributed by atoms with Crippen LogP contribution in [0.25, 0.3) is 0 Å². The van der Waals surface area contributed by atoms with Gasteiger partial charge in [-0.05, 0) is 24.1 Å². The summed E-state index contributed by atoms with van der Waals surface area (Å²) < 4.78 is 4.78. The maximum atomic E-state index is 12.3. The molecule has 8 heteroatoms. The van der Waals surface area contributed by atoms with Crippen molar-refractivity contribution in [3.8, 4) is 0 Å². The number of anilines is 1. The Morgan fingerprint density at radius 3 is 2.48 bits per heavy atom. The fourth-order valence-corrected chi connectivity index (χ4v) is 2.73. The zero-order chi connectivity index (χ0) is 20.1. The first kappa shape index (κ1) is 20.2. The second-order valence-electron chi connectivity index (χ2n) is 6.40. The van der Waals surface area contributed by atoms with Gasteiger partial charge in [0.25, 0.3) is 0 Å². The second kappa shape index (κ2) is 8.48. The van der Waals surface area contributed by atoms with Crippen molar-refractivity contribution in [3.63, 3.8) is 0 Å². The summed E-state index contributed by atoms with van der Waals surface area (Å²) in [5.74, 6) is -0.251. The SMILES string of the molecule is COC(=O)c1c(CC(=O)NCc2ccc(N(C)C)nc2)[nH]c(C(C)=O)c1C. The molecule has 0 aliphatic heterocycles. The van der Waals surface area contributed by atoms with E-state index in [2.05, 4.69) is 15.3 Å². The molecule has 2 aromatic heterocycles. The molecule has 2 aromatic rings. The van der Waals surface area contributed by atoms with Gasteiger partial charge >= 0.3 is 5.97 Å². The van der Waals surface area contributed by atoms with Crippen LogP contribution >= 0.6 is 0 Å². The van der Waals surface area contributed by atoms with Crippen LogP contribution in [0.5, 0.6) is 0 Å². The minimum absolute atomic E-state index is 0.0677. The van der Waals surface area contributed by atoms with Gasteiger partial charge in [0.2, 0.25) is 5.91 Å². The van der Waals surface area contributed by atoms with Crippen LogP contribution in [0.2, 0.25) is 0 Å². The Balaban J connectivity index is 2.09. The number of pyridine rings is 1. The Labute approximate surface area is 157 Å². The predicted molar refractivity (Wildman–Crippen MR) is 101 cm³/mol. The van der Waals surface area contributed by atoms with Gasteiger partial charge in [0, 0.05) is 39.5 Å². The number of ketones is 1. The van der Waals surface area contributed by atoms with Gasteiger partial charge in [-0.15, -0.1) is 0 Å². The maximum Gasteiger partial charge on any atom is 0.339 e. The second-order valence-corrected chi connectivity index (χ2v) is 6.40. The molecule has 0 fully saturated rings. The van der Waals surface area contributed by atoms with Crippen molar-refractivity contribution in [2.75, 3.05) is 26.1 Å². The minimum Gasteiger partial charge on any atom is -0.465 e. The molecule has 2 rings (SSSR count). The monoisotopic (exact) mass is 372 g/mol. The molecule has 2 N–H and O–H groups in total. The molecule has 0 aromatic carbocycles. The van der Waals surface area contributed by atoms with Crippen LogP contribution in [-0.2, 0) is 22.5 Å². The van der Waals surface area contributed by atoms with Gasteiger partial charge in [0.05, 0.1) is 24.8 Å². The van der Waals surface area contributed by atoms with Crippen molar-refractivity contribution < 1.29 is 19.1 Å². The summed E-state index contributed by atoms with van der Waals surface area (Å²) in [6, 6.07) is 3.75. The molecule has 0 atom stereocenters. The summed E-state index contributed by atoms with van der Waals surface area (Å²) in [7, 11) is 5.06. The number of nitrogens with zero attached hydrogens (tertiary/aromatic N) is 2. The van der Waals surface area contributed by atoms with Crippen molar-refractivity contribution in [2.45, 2.75) is 26.8 Å². The largest absolute Gasteiger partial charge is 0.465 e. The lowest BCUT2D eigenvalue weighted by atomic mass is 10.1. The van der Waals surface area contributed by atoms with E-state index in [0.717, 1.165) is 11.4 Å². The maximum absolute atomic E-state index is 12.3. The number of carbonyl (C=O) groups is 3. The Morgan fingerprint density at radius 2 is 1.96 bits per heavy atom. The molecule has 144 valence electrons. The molecule has 8 nitrogen and oxygen atoms in total. The summed E-state index contributed by atoms with van der Waals surface area (Å²) in [4.78, 5) is 45.1. The Kier molecular flexibility index (Phi) is 6.33. The van der Waals surface area contributed by atoms with E-state index >= 15 is 0 Å². The first-order chi connectivity index (χ1) is 12.7. The lowest BCUT2D eigenvalue weighted by Crippen LogP contribution is -2.25. The van der Waals surface area contributed by atoms with Crippen LogP contribution in [0.3, 0.4) is 0 Å². The average Bonchev–Trinajstić information content (AvgIpc) is 2.96. The molecule has 27 heavy (non-hydrogen) atoms. The van der Waals surface area contributed by atoms with Crippen molar-refractivity contribution in [1.29, 1.82) is 0 Å². The van der Waals surface area contributed by atoms with Gasteiger partial charge in [0.15, 0.2) is 5.78 Å². The third-order valence-electron chi connectivity index (χ3n) is 4.16. The van der Waals surface area contributed by atoms with E-state index in [9.17, 15) is 14.4 Å². The first-order valence-electron chi connectivity index (χ1n) is 8.44. The van der Waals surface area contributed by atoms with Gasteiger partial charge in [-0.2, -0.15) is 0 Å². The summed E-state index contributed by atoms with van der Waals surface area (Å²) in [6.45, 7) is 3.36. The van der Waals surface area contributed by atoms with Crippen LogP contribution in [0, 0.1) is 6.92 Å². The highest BCUT2D eigenvalue weighted by Crippen LogP contribution is 2.20. The van der Waals surface area contributed by atoms with Crippen LogP contribution < -0.4 is 10.2 Å². The van der Waals surface area contributed by atoms with E-state index in [0.29, 0.717) is 23.5 Å². The molecular weight excluding hydrogens is 348 g/mol. The van der Waals surface area contributed by atoms with Crippen LogP contribution in [-0.4, -0.2) is 48.8 Å². The number of amides is 1. The lowest BCUT2D eigenvalue weighted by Gasteiger charge is -2.11. The van der Waals surface area contributed by atoms with Gasteiger partial charge in [0.1, 0.15) is 5.82 Å². The number of nitrogens with one attached hydrogen (secondary N) is 2. The molecule has 0 spiro atoms. The van der Waals surface area contributed by atoms with Gasteiger partial charge < -0.3 is 19.9 Å². The molecule has 0 bridgehead atoms. The fourth-order valence-electron chi connectivity index (χ4n) is 2.73. The van der Waals surface area contributed by atoms with Gasteiger partial charge in [-0.25, -0.2) is 9.78 Å². The zero-order valence-corrected chi connectivity index (χ0v) is 16.2. The Morgan fingerprint density at radius 1 is 1.26 bits per heavy atom. The number of carbonyl (C=O) groups excluding carboxylic acids is 3. The van der Waals surface area contributed by atoms with Gasteiger partial charge in [-0.1, -0.05) is 6.07 Å². The summed E-state index contributed by atoms with van der Waals surface area (Å²) in [6.07, 6.45) is 1.63. The van der Waals surface area contributed by atoms with E-state index in [1.165, 1.54) is 14.0 Å². The van der Waals surface area contributed by atoms with Crippen LogP contribution in [0.1, 0.15) is 44.6 Å². The van der Waals surface area contributed by atoms with E-state index in [1.54, 1.807) is 13.1 Å². The highest BCUT2D eigenvalue weighted by Gasteiger charge is 2.24. The first-order valence-corrected chi connectivity index (χ1v) is 8.44. The smallest absolute Gasteiger partial charge is 0.339 e. The standard InChI is InChI=1S/C19H24N4O4/c1-11-17(19(26)27-5)14(22-18(11)12(2)24)8-16(25)21-10-13-6-7-15(20-9-13)23(3)4/h6-7,9,22H,8,10H2,1-5H3,(H,21,25). The third-order valence-corrected chi connectivity index (χ3v) is 4.16. The van der Waals surface area contributed by atoms with Crippen molar-refractivity contribution in [2.24, 2.45) is 0 Å². The molecule has 0 aliphatic rings. The lowest BCUT2D eigenvalue weighted by molar-refractivity contribution is -0.120. The number of esters is 1. The molecule has 1 amide bonds. The van der Waals surface area contributed by atoms with E-state index < -0.39 is 5.97 Å². The number of rotatable bonds is 7. The number of hydrogen-bond acceptors (Lipinski definition) is 6. The number of aromatic nitrogens is 2. The van der Waals surface area contributed by atoms with E-state index in [1.807, 2.05) is 31.1 Å². The number of Topliss-reactive ketones (excluding diaryl/α,β-unsaturated/α-hetero) is 1. The van der Waals surface area contributed by atoms with E-state index in [4.69, 9.17) is 4.74 Å². The summed E-state index contributed by atoms with van der Waals surface area (Å²) in [5.41, 5.74) is 2.24. The van der Waals surface area contributed by atoms with Crippen LogP contribution in [0.4, 0.5) is 5.82 Å². The third kappa shape index (κ3) is 4.72. The quantitative estimate of drug-likeness (QED) is 0.565. The fraction of sp³-hybridized carbons (Fsp3) is 0.368. The predicted octanol–water partition coefficient (Wildman–Crippen LogP) is 1.63. The molecule has 2 heterocycles. The zero-order valence-electron chi connectivity index (χ0n) is 16.2. The topological polar surface area (TPSA) is 104 Å². The van der Waals surface area contributed by atoms with E-state index in [-0.39, 0.29) is 23.7 Å². The van der Waals surface area contributed by atoms with Gasteiger partial charge in [-0.3, -0.25) is 9.59 Å². The number of H-pyrrole nitrogens is 1. The van der Waals surface area contributed by atoms with Crippen molar-refractivity contribution >= 4 is 23.5 Å². The summed E-state index contributed by atoms with van der Waals surface area (Å²) >= 11 is 0.